The second-order valence-corrected chi connectivity index (χ2v) is 9.63. The number of furan rings is 1. The predicted molar refractivity (Wildman–Crippen MR) is 155 cm³/mol. The Morgan fingerprint density at radius 3 is 2.59 bits per heavy atom. The van der Waals surface area contributed by atoms with Crippen LogP contribution in [0.1, 0.15) is 27.2 Å². The van der Waals surface area contributed by atoms with Crippen molar-refractivity contribution in [2.45, 2.75) is 11.5 Å². The van der Waals surface area contributed by atoms with Gasteiger partial charge in [-0.2, -0.15) is 5.10 Å². The monoisotopic (exact) mass is 537 g/mol. The molecule has 0 aliphatic carbocycles. The molecule has 0 aliphatic rings. The van der Waals surface area contributed by atoms with Gasteiger partial charge in [-0.25, -0.2) is 10.4 Å². The number of methoxy groups -OCH3 is 2. The molecule has 8 heteroatoms. The molecular formula is C31H27N3O4S. The Kier molecular flexibility index (Phi) is 8.23. The van der Waals surface area contributed by atoms with Gasteiger partial charge in [0, 0.05) is 22.3 Å². The Morgan fingerprint density at radius 2 is 1.82 bits per heavy atom. The second kappa shape index (κ2) is 12.3. The summed E-state index contributed by atoms with van der Waals surface area (Å²) in [5, 5.41) is 5.00. The van der Waals surface area contributed by atoms with Crippen molar-refractivity contribution in [1.82, 2.24) is 10.4 Å². The first-order chi connectivity index (χ1) is 19.1. The highest BCUT2D eigenvalue weighted by Gasteiger charge is 2.14. The van der Waals surface area contributed by atoms with Crippen LogP contribution in [0.3, 0.4) is 0 Å². The maximum atomic E-state index is 13.2. The van der Waals surface area contributed by atoms with Gasteiger partial charge in [-0.15, -0.1) is 11.8 Å². The van der Waals surface area contributed by atoms with Gasteiger partial charge in [0.15, 0.2) is 0 Å². The number of hydrazone groups is 1. The number of carbonyl (C=O) groups is 1. The van der Waals surface area contributed by atoms with Crippen molar-refractivity contribution in [2.75, 3.05) is 14.2 Å². The zero-order valence-electron chi connectivity index (χ0n) is 21.6. The van der Waals surface area contributed by atoms with Gasteiger partial charge in [-0.05, 0) is 72.3 Å². The van der Waals surface area contributed by atoms with Crippen LogP contribution < -0.4 is 14.9 Å². The molecule has 39 heavy (non-hydrogen) atoms. The lowest BCUT2D eigenvalue weighted by molar-refractivity contribution is 0.0956. The number of rotatable bonds is 10. The highest BCUT2D eigenvalue weighted by molar-refractivity contribution is 7.97. The standard InChI is InChI=1S/C31H27N3O4S/c1-36-24-12-10-22(11-13-24)29-17-27(26-7-3-4-8-28(26)33-29)31(35)34-32-18-21-9-14-30(37-2)23(16-21)19-39-20-25-6-5-15-38-25/h3-18H,19-20H2,1-2H3,(H,34,35)/b32-18-. The minimum atomic E-state index is -0.317. The number of aromatic nitrogens is 1. The SMILES string of the molecule is COc1ccc(-c2cc(C(=O)N/N=C\c3ccc(OC)c(CSCc4ccco4)c3)c3ccccc3n2)cc1. The van der Waals surface area contributed by atoms with E-state index in [9.17, 15) is 4.79 Å². The lowest BCUT2D eigenvalue weighted by Gasteiger charge is -2.10. The number of amides is 1. The quantitative estimate of drug-likeness (QED) is 0.157. The maximum absolute atomic E-state index is 13.2. The first-order valence-electron chi connectivity index (χ1n) is 12.3. The molecule has 5 aromatic rings. The Labute approximate surface area is 230 Å². The number of hydrogen-bond donors (Lipinski definition) is 1. The Hall–Kier alpha value is -4.56. The Bertz CT molecular complexity index is 1600. The summed E-state index contributed by atoms with van der Waals surface area (Å²) in [5.74, 6) is 3.68. The zero-order chi connectivity index (χ0) is 27.0. The highest BCUT2D eigenvalue weighted by atomic mass is 32.2. The second-order valence-electron chi connectivity index (χ2n) is 8.64. The highest BCUT2D eigenvalue weighted by Crippen LogP contribution is 2.27. The largest absolute Gasteiger partial charge is 0.497 e. The van der Waals surface area contributed by atoms with E-state index in [-0.39, 0.29) is 5.91 Å². The molecule has 196 valence electrons. The van der Waals surface area contributed by atoms with Crippen LogP contribution in [0.25, 0.3) is 22.2 Å². The summed E-state index contributed by atoms with van der Waals surface area (Å²) in [4.78, 5) is 18.0. The number of thioether (sulfide) groups is 1. The number of pyridine rings is 1. The lowest BCUT2D eigenvalue weighted by atomic mass is 10.0. The van der Waals surface area contributed by atoms with E-state index in [0.717, 1.165) is 56.4 Å². The normalized spacial score (nSPS) is 11.1. The summed E-state index contributed by atoms with van der Waals surface area (Å²) < 4.78 is 16.2. The molecule has 1 amide bonds. The van der Waals surface area contributed by atoms with Gasteiger partial charge in [0.05, 0.1) is 49.2 Å². The molecule has 0 atom stereocenters. The summed E-state index contributed by atoms with van der Waals surface area (Å²) in [5.41, 5.74) is 7.36. The third-order valence-electron chi connectivity index (χ3n) is 6.11. The van der Waals surface area contributed by atoms with Crippen molar-refractivity contribution in [3.8, 4) is 22.8 Å². The first kappa shape index (κ1) is 26.1. The number of ether oxygens (including phenoxy) is 2. The van der Waals surface area contributed by atoms with E-state index >= 15 is 0 Å². The molecule has 0 unspecified atom stereocenters. The fourth-order valence-corrected chi connectivity index (χ4v) is 5.06. The van der Waals surface area contributed by atoms with Gasteiger partial charge >= 0.3 is 0 Å². The van der Waals surface area contributed by atoms with Crippen molar-refractivity contribution in [3.05, 3.63) is 114 Å². The van der Waals surface area contributed by atoms with E-state index in [1.54, 1.807) is 44.5 Å². The summed E-state index contributed by atoms with van der Waals surface area (Å²) >= 11 is 1.73. The molecule has 0 radical (unpaired) electrons. The fraction of sp³-hybridized carbons (Fsp3) is 0.129. The predicted octanol–water partition coefficient (Wildman–Crippen LogP) is 6.71. The van der Waals surface area contributed by atoms with Crippen molar-refractivity contribution < 1.29 is 18.7 Å². The number of benzene rings is 3. The van der Waals surface area contributed by atoms with E-state index in [4.69, 9.17) is 18.9 Å². The van der Waals surface area contributed by atoms with E-state index < -0.39 is 0 Å². The van der Waals surface area contributed by atoms with Crippen LogP contribution in [0.15, 0.2) is 101 Å². The van der Waals surface area contributed by atoms with Crippen LogP contribution in [-0.2, 0) is 11.5 Å². The van der Waals surface area contributed by atoms with Crippen molar-refractivity contribution in [1.29, 1.82) is 0 Å². The molecule has 3 aromatic carbocycles. The van der Waals surface area contributed by atoms with E-state index in [2.05, 4.69) is 10.5 Å². The molecule has 1 N–H and O–H groups in total. The molecule has 0 saturated heterocycles. The molecule has 2 aromatic heterocycles. The summed E-state index contributed by atoms with van der Waals surface area (Å²) in [6.45, 7) is 0. The third kappa shape index (κ3) is 6.30. The Balaban J connectivity index is 1.33. The van der Waals surface area contributed by atoms with Crippen molar-refractivity contribution in [3.63, 3.8) is 0 Å². The number of nitrogens with one attached hydrogen (secondary N) is 1. The molecule has 0 bridgehead atoms. The maximum Gasteiger partial charge on any atom is 0.272 e. The van der Waals surface area contributed by atoms with Crippen LogP contribution in [0.5, 0.6) is 11.5 Å². The average Bonchev–Trinajstić information content (AvgIpc) is 3.50. The molecule has 0 saturated carbocycles. The average molecular weight is 538 g/mol. The van der Waals surface area contributed by atoms with Crippen molar-refractivity contribution >= 4 is 34.8 Å². The molecule has 0 spiro atoms. The summed E-state index contributed by atoms with van der Waals surface area (Å²) in [6.07, 6.45) is 3.31. The van der Waals surface area contributed by atoms with Crippen LogP contribution in [-0.4, -0.2) is 31.3 Å². The minimum absolute atomic E-state index is 0.317. The van der Waals surface area contributed by atoms with Crippen LogP contribution in [0.2, 0.25) is 0 Å². The first-order valence-corrected chi connectivity index (χ1v) is 13.4. The number of hydrogen-bond acceptors (Lipinski definition) is 7. The van der Waals surface area contributed by atoms with Crippen LogP contribution >= 0.6 is 11.8 Å². The minimum Gasteiger partial charge on any atom is -0.497 e. The third-order valence-corrected chi connectivity index (χ3v) is 7.12. The molecule has 2 heterocycles. The summed E-state index contributed by atoms with van der Waals surface area (Å²) in [7, 11) is 3.28. The van der Waals surface area contributed by atoms with E-state index in [0.29, 0.717) is 11.3 Å². The van der Waals surface area contributed by atoms with Crippen molar-refractivity contribution in [2.24, 2.45) is 5.10 Å². The van der Waals surface area contributed by atoms with Gasteiger partial charge in [0.2, 0.25) is 0 Å². The zero-order valence-corrected chi connectivity index (χ0v) is 22.4. The number of para-hydroxylation sites is 1. The molecule has 0 aliphatic heterocycles. The number of carbonyl (C=O) groups excluding carboxylic acids is 1. The Morgan fingerprint density at radius 1 is 0.974 bits per heavy atom. The van der Waals surface area contributed by atoms with E-state index in [1.807, 2.05) is 78.9 Å². The summed E-state index contributed by atoms with van der Waals surface area (Å²) in [6, 6.07) is 26.6. The number of fused-ring (bicyclic) bond motifs is 1. The van der Waals surface area contributed by atoms with Gasteiger partial charge in [0.1, 0.15) is 17.3 Å². The molecular weight excluding hydrogens is 510 g/mol. The van der Waals surface area contributed by atoms with Gasteiger partial charge in [-0.1, -0.05) is 18.2 Å². The molecule has 7 nitrogen and oxygen atoms in total. The van der Waals surface area contributed by atoms with Gasteiger partial charge in [0.25, 0.3) is 5.91 Å². The topological polar surface area (TPSA) is 86.0 Å². The lowest BCUT2D eigenvalue weighted by Crippen LogP contribution is -2.18. The van der Waals surface area contributed by atoms with Crippen LogP contribution in [0, 0.1) is 0 Å². The smallest absolute Gasteiger partial charge is 0.272 e. The van der Waals surface area contributed by atoms with Crippen LogP contribution in [0.4, 0.5) is 0 Å². The number of nitrogens with zero attached hydrogens (tertiary/aromatic N) is 2. The van der Waals surface area contributed by atoms with Gasteiger partial charge < -0.3 is 13.9 Å². The molecule has 5 rings (SSSR count). The van der Waals surface area contributed by atoms with E-state index in [1.165, 1.54) is 0 Å². The van der Waals surface area contributed by atoms with Gasteiger partial charge in [-0.3, -0.25) is 4.79 Å². The fourth-order valence-electron chi connectivity index (χ4n) is 4.15. The molecule has 0 fully saturated rings.